The molecule has 0 saturated heterocycles. The van der Waals surface area contributed by atoms with Crippen LogP contribution >= 0.6 is 24.0 Å². The van der Waals surface area contributed by atoms with E-state index >= 15 is 0 Å². The second-order valence-corrected chi connectivity index (χ2v) is 6.55. The minimum absolute atomic E-state index is 0. The molecule has 2 aromatic carbocycles. The molecule has 1 saturated carbocycles. The van der Waals surface area contributed by atoms with Crippen molar-refractivity contribution in [3.8, 4) is 17.2 Å². The van der Waals surface area contributed by atoms with E-state index in [1.54, 1.807) is 14.2 Å². The van der Waals surface area contributed by atoms with Gasteiger partial charge in [0.05, 0.1) is 26.9 Å². The first-order valence-electron chi connectivity index (χ1n) is 9.22. The van der Waals surface area contributed by atoms with Gasteiger partial charge in [-0.15, -0.1) is 24.0 Å². The minimum atomic E-state index is 0. The Labute approximate surface area is 183 Å². The lowest BCUT2D eigenvalue weighted by Crippen LogP contribution is -2.22. The van der Waals surface area contributed by atoms with Gasteiger partial charge >= 0.3 is 0 Å². The molecule has 0 bridgehead atoms. The molecule has 28 heavy (non-hydrogen) atoms. The Bertz CT molecular complexity index is 775. The van der Waals surface area contributed by atoms with E-state index in [1.165, 1.54) is 12.8 Å². The van der Waals surface area contributed by atoms with Gasteiger partial charge in [-0.2, -0.15) is 0 Å². The number of nitrogens with one attached hydrogen (secondary N) is 1. The van der Waals surface area contributed by atoms with Crippen LogP contribution in [0.25, 0.3) is 0 Å². The van der Waals surface area contributed by atoms with Gasteiger partial charge in [-0.25, -0.2) is 4.99 Å². The van der Waals surface area contributed by atoms with Crippen molar-refractivity contribution in [2.24, 2.45) is 10.7 Å². The van der Waals surface area contributed by atoms with Gasteiger partial charge < -0.3 is 25.3 Å². The number of ether oxygens (including phenoxy) is 3. The van der Waals surface area contributed by atoms with Gasteiger partial charge in [0, 0.05) is 17.3 Å². The fourth-order valence-electron chi connectivity index (χ4n) is 3.12. The van der Waals surface area contributed by atoms with E-state index in [0.717, 1.165) is 41.3 Å². The van der Waals surface area contributed by atoms with Gasteiger partial charge in [-0.1, -0.05) is 0 Å². The molecular formula is C21H28IN3O3. The molecule has 3 rings (SSSR count). The van der Waals surface area contributed by atoms with Crippen molar-refractivity contribution >= 4 is 35.6 Å². The van der Waals surface area contributed by atoms with E-state index in [0.29, 0.717) is 12.5 Å². The van der Waals surface area contributed by atoms with E-state index in [4.69, 9.17) is 19.9 Å². The Balaban J connectivity index is 0.00000280. The summed E-state index contributed by atoms with van der Waals surface area (Å²) in [5, 5.41) is 3.09. The second kappa shape index (κ2) is 11.0. The molecule has 3 N–H and O–H groups in total. The van der Waals surface area contributed by atoms with E-state index < -0.39 is 0 Å². The third kappa shape index (κ3) is 6.19. The van der Waals surface area contributed by atoms with E-state index in [9.17, 15) is 0 Å². The number of aliphatic imine (C=N–C) groups is 1. The number of guanidine groups is 1. The van der Waals surface area contributed by atoms with Crippen molar-refractivity contribution in [2.45, 2.75) is 38.3 Å². The summed E-state index contributed by atoms with van der Waals surface area (Å²) in [7, 11) is 3.29. The van der Waals surface area contributed by atoms with Crippen molar-refractivity contribution in [1.82, 2.24) is 0 Å². The van der Waals surface area contributed by atoms with Crippen LogP contribution in [-0.2, 0) is 6.54 Å². The summed E-state index contributed by atoms with van der Waals surface area (Å²) in [6.45, 7) is 0.432. The van der Waals surface area contributed by atoms with Gasteiger partial charge in [0.2, 0.25) is 0 Å². The lowest BCUT2D eigenvalue weighted by molar-refractivity contribution is 0.207. The zero-order chi connectivity index (χ0) is 19.1. The highest BCUT2D eigenvalue weighted by atomic mass is 127. The maximum absolute atomic E-state index is 6.20. The molecule has 0 aliphatic heterocycles. The molecule has 0 atom stereocenters. The molecule has 0 amide bonds. The number of methoxy groups -OCH3 is 2. The smallest absolute Gasteiger partial charge is 0.193 e. The molecule has 0 aromatic heterocycles. The number of benzene rings is 2. The maximum Gasteiger partial charge on any atom is 0.193 e. The zero-order valence-electron chi connectivity index (χ0n) is 16.3. The quantitative estimate of drug-likeness (QED) is 0.333. The zero-order valence-corrected chi connectivity index (χ0v) is 18.6. The molecule has 0 unspecified atom stereocenters. The summed E-state index contributed by atoms with van der Waals surface area (Å²) >= 11 is 0. The molecule has 2 aromatic rings. The Morgan fingerprint density at radius 2 is 1.68 bits per heavy atom. The average Bonchev–Trinajstić information content (AvgIpc) is 3.20. The van der Waals surface area contributed by atoms with Gasteiger partial charge in [-0.05, 0) is 62.1 Å². The highest BCUT2D eigenvalue weighted by Crippen LogP contribution is 2.30. The monoisotopic (exact) mass is 497 g/mol. The Kier molecular flexibility index (Phi) is 8.69. The highest BCUT2D eigenvalue weighted by Gasteiger charge is 2.18. The van der Waals surface area contributed by atoms with E-state index in [-0.39, 0.29) is 30.1 Å². The van der Waals surface area contributed by atoms with Gasteiger partial charge in [0.1, 0.15) is 17.2 Å². The number of nitrogens with zero attached hydrogens (tertiary/aromatic N) is 1. The fraction of sp³-hybridized carbons (Fsp3) is 0.381. The highest BCUT2D eigenvalue weighted by molar-refractivity contribution is 14.0. The Morgan fingerprint density at radius 1 is 1.04 bits per heavy atom. The van der Waals surface area contributed by atoms with Crippen LogP contribution in [0.2, 0.25) is 0 Å². The van der Waals surface area contributed by atoms with Crippen LogP contribution in [0.15, 0.2) is 47.5 Å². The first kappa shape index (κ1) is 22.1. The molecule has 0 spiro atoms. The van der Waals surface area contributed by atoms with Crippen molar-refractivity contribution in [1.29, 1.82) is 0 Å². The van der Waals surface area contributed by atoms with Gasteiger partial charge in [0.25, 0.3) is 0 Å². The van der Waals surface area contributed by atoms with Crippen molar-refractivity contribution in [2.75, 3.05) is 19.5 Å². The topological polar surface area (TPSA) is 78.1 Å². The third-order valence-corrected chi connectivity index (χ3v) is 4.65. The maximum atomic E-state index is 6.20. The number of hydrogen-bond donors (Lipinski definition) is 2. The van der Waals surface area contributed by atoms with Gasteiger partial charge in [0.15, 0.2) is 5.96 Å². The summed E-state index contributed by atoms with van der Waals surface area (Å²) in [4.78, 5) is 4.45. The van der Waals surface area contributed by atoms with Crippen LogP contribution in [0, 0.1) is 0 Å². The van der Waals surface area contributed by atoms with Crippen molar-refractivity contribution < 1.29 is 14.2 Å². The summed E-state index contributed by atoms with van der Waals surface area (Å²) in [5.41, 5.74) is 7.88. The molecule has 152 valence electrons. The van der Waals surface area contributed by atoms with Crippen molar-refractivity contribution in [3.05, 3.63) is 48.0 Å². The largest absolute Gasteiger partial charge is 0.497 e. The number of nitrogens with two attached hydrogens (primary N) is 1. The predicted octanol–water partition coefficient (Wildman–Crippen LogP) is 4.57. The number of rotatable bonds is 7. The minimum Gasteiger partial charge on any atom is -0.497 e. The average molecular weight is 497 g/mol. The number of hydrogen-bond acceptors (Lipinski definition) is 4. The number of anilines is 1. The van der Waals surface area contributed by atoms with Crippen molar-refractivity contribution in [3.63, 3.8) is 0 Å². The van der Waals surface area contributed by atoms with Gasteiger partial charge in [-0.3, -0.25) is 0 Å². The first-order chi connectivity index (χ1) is 13.2. The molecule has 6 nitrogen and oxygen atoms in total. The third-order valence-electron chi connectivity index (χ3n) is 4.65. The normalized spacial score (nSPS) is 14.3. The van der Waals surface area contributed by atoms with Crippen LogP contribution in [0.3, 0.4) is 0 Å². The van der Waals surface area contributed by atoms with Crippen LogP contribution in [-0.4, -0.2) is 26.3 Å². The molecule has 0 heterocycles. The standard InChI is InChI=1S/C21H27N3O3.HI/c1-25-17-11-8-16(9-12-17)24-21(22)23-14-15-7-10-19(26-2)13-20(15)27-18-5-3-4-6-18;/h7-13,18H,3-6,14H2,1-2H3,(H3,22,23,24);1H. The molecule has 1 aliphatic rings. The molecule has 1 fully saturated rings. The van der Waals surface area contributed by atoms with Crippen LogP contribution in [0.1, 0.15) is 31.2 Å². The Hall–Kier alpha value is -2.16. The lowest BCUT2D eigenvalue weighted by Gasteiger charge is -2.17. The van der Waals surface area contributed by atoms with Crippen LogP contribution in [0.5, 0.6) is 17.2 Å². The first-order valence-corrected chi connectivity index (χ1v) is 9.22. The number of halogens is 1. The van der Waals surface area contributed by atoms with Crippen LogP contribution < -0.4 is 25.3 Å². The predicted molar refractivity (Wildman–Crippen MR) is 123 cm³/mol. The summed E-state index contributed by atoms with van der Waals surface area (Å²) in [6, 6.07) is 13.3. The van der Waals surface area contributed by atoms with E-state index in [1.807, 2.05) is 42.5 Å². The molecule has 7 heteroatoms. The van der Waals surface area contributed by atoms with E-state index in [2.05, 4.69) is 10.3 Å². The molecule has 1 aliphatic carbocycles. The lowest BCUT2D eigenvalue weighted by atomic mass is 10.2. The summed E-state index contributed by atoms with van der Waals surface area (Å²) < 4.78 is 16.7. The van der Waals surface area contributed by atoms with Crippen LogP contribution in [0.4, 0.5) is 5.69 Å². The molecule has 0 radical (unpaired) electrons. The summed E-state index contributed by atoms with van der Waals surface area (Å²) in [5.74, 6) is 2.74. The Morgan fingerprint density at radius 3 is 2.32 bits per heavy atom. The SMILES string of the molecule is COc1ccc(NC(N)=NCc2ccc(OC)cc2OC2CCCC2)cc1.I. The summed E-state index contributed by atoms with van der Waals surface area (Å²) in [6.07, 6.45) is 4.92. The molecular weight excluding hydrogens is 469 g/mol. The second-order valence-electron chi connectivity index (χ2n) is 6.55. The fourth-order valence-corrected chi connectivity index (χ4v) is 3.12.